The van der Waals surface area contributed by atoms with E-state index in [0.717, 1.165) is 16.5 Å². The minimum absolute atomic E-state index is 0.379. The Morgan fingerprint density at radius 2 is 1.95 bits per heavy atom. The standard InChI is InChI=1S/C17H15FN2O2/c1-19-17-11-4-3-5-16(22-2)12(11)9-14(20-17)10-6-7-15(21)13(18)8-10/h3-9,21H,1-2H3,(H,19,20). The third-order valence-corrected chi connectivity index (χ3v) is 3.53. The molecule has 0 fully saturated rings. The van der Waals surface area contributed by atoms with Crippen LogP contribution in [0.4, 0.5) is 10.2 Å². The van der Waals surface area contributed by atoms with Crippen LogP contribution in [0.1, 0.15) is 0 Å². The van der Waals surface area contributed by atoms with Crippen molar-refractivity contribution < 1.29 is 14.2 Å². The lowest BCUT2D eigenvalue weighted by atomic mass is 10.1. The number of hydrogen-bond donors (Lipinski definition) is 2. The van der Waals surface area contributed by atoms with Crippen molar-refractivity contribution in [2.75, 3.05) is 19.5 Å². The van der Waals surface area contributed by atoms with Crippen LogP contribution in [0.2, 0.25) is 0 Å². The van der Waals surface area contributed by atoms with E-state index in [4.69, 9.17) is 4.74 Å². The predicted octanol–water partition coefficient (Wildman–Crippen LogP) is 3.80. The van der Waals surface area contributed by atoms with E-state index in [2.05, 4.69) is 10.3 Å². The van der Waals surface area contributed by atoms with Crippen LogP contribution in [0.3, 0.4) is 0 Å². The van der Waals surface area contributed by atoms with E-state index >= 15 is 0 Å². The molecule has 0 radical (unpaired) electrons. The van der Waals surface area contributed by atoms with Gasteiger partial charge in [-0.25, -0.2) is 9.37 Å². The Kier molecular flexibility index (Phi) is 3.55. The molecule has 0 aliphatic carbocycles. The van der Waals surface area contributed by atoms with E-state index in [9.17, 15) is 9.50 Å². The Morgan fingerprint density at radius 1 is 1.14 bits per heavy atom. The molecule has 22 heavy (non-hydrogen) atoms. The van der Waals surface area contributed by atoms with Gasteiger partial charge in [-0.3, -0.25) is 0 Å². The first-order chi connectivity index (χ1) is 10.6. The van der Waals surface area contributed by atoms with Crippen molar-refractivity contribution >= 4 is 16.6 Å². The van der Waals surface area contributed by atoms with E-state index in [1.165, 1.54) is 12.1 Å². The van der Waals surface area contributed by atoms with Crippen molar-refractivity contribution in [3.8, 4) is 22.8 Å². The number of anilines is 1. The Labute approximate surface area is 127 Å². The molecule has 0 amide bonds. The van der Waals surface area contributed by atoms with Gasteiger partial charge in [-0.05, 0) is 30.3 Å². The fraction of sp³-hybridized carbons (Fsp3) is 0.118. The highest BCUT2D eigenvalue weighted by Crippen LogP contribution is 2.34. The number of nitrogens with zero attached hydrogens (tertiary/aromatic N) is 1. The lowest BCUT2D eigenvalue weighted by Gasteiger charge is -2.12. The largest absolute Gasteiger partial charge is 0.505 e. The molecule has 0 bridgehead atoms. The van der Waals surface area contributed by atoms with Crippen LogP contribution in [0.25, 0.3) is 22.0 Å². The van der Waals surface area contributed by atoms with Gasteiger partial charge in [0.05, 0.1) is 12.8 Å². The van der Waals surface area contributed by atoms with Crippen LogP contribution >= 0.6 is 0 Å². The average molecular weight is 298 g/mol. The van der Waals surface area contributed by atoms with Crippen LogP contribution in [-0.4, -0.2) is 24.2 Å². The normalized spacial score (nSPS) is 10.7. The molecule has 0 unspecified atom stereocenters. The van der Waals surface area contributed by atoms with E-state index in [1.54, 1.807) is 20.2 Å². The average Bonchev–Trinajstić information content (AvgIpc) is 2.55. The molecule has 0 spiro atoms. The molecule has 2 N–H and O–H groups in total. The minimum atomic E-state index is -0.676. The number of halogens is 1. The number of aromatic nitrogens is 1. The molecule has 0 saturated heterocycles. The smallest absolute Gasteiger partial charge is 0.165 e. The molecule has 0 aliphatic heterocycles. The van der Waals surface area contributed by atoms with Gasteiger partial charge in [-0.1, -0.05) is 12.1 Å². The van der Waals surface area contributed by atoms with E-state index in [-0.39, 0.29) is 5.75 Å². The zero-order chi connectivity index (χ0) is 15.7. The van der Waals surface area contributed by atoms with E-state index in [0.29, 0.717) is 17.1 Å². The number of phenols is 1. The number of hydrogen-bond acceptors (Lipinski definition) is 4. The maximum Gasteiger partial charge on any atom is 0.165 e. The molecule has 112 valence electrons. The Bertz CT molecular complexity index is 849. The molecule has 4 nitrogen and oxygen atoms in total. The second kappa shape index (κ2) is 5.52. The summed E-state index contributed by atoms with van der Waals surface area (Å²) in [6.45, 7) is 0. The molecular weight excluding hydrogens is 283 g/mol. The number of phenolic OH excluding ortho intramolecular Hbond substituents is 1. The van der Waals surface area contributed by atoms with Gasteiger partial charge in [0.25, 0.3) is 0 Å². The van der Waals surface area contributed by atoms with Crippen LogP contribution in [0.15, 0.2) is 42.5 Å². The van der Waals surface area contributed by atoms with Gasteiger partial charge in [0.15, 0.2) is 11.6 Å². The zero-order valence-electron chi connectivity index (χ0n) is 12.2. The molecule has 3 aromatic rings. The number of nitrogens with one attached hydrogen (secondary N) is 1. The molecule has 0 aliphatic rings. The van der Waals surface area contributed by atoms with E-state index in [1.807, 2.05) is 24.3 Å². The molecule has 0 saturated carbocycles. The first kappa shape index (κ1) is 14.1. The molecular formula is C17H15FN2O2. The Balaban J connectivity index is 2.28. The SMILES string of the molecule is CNc1nc(-c2ccc(O)c(F)c2)cc2c(OC)cccc12. The van der Waals surface area contributed by atoms with Crippen LogP contribution < -0.4 is 10.1 Å². The number of benzene rings is 2. The molecule has 3 rings (SSSR count). The molecule has 1 heterocycles. The van der Waals surface area contributed by atoms with Crippen LogP contribution in [0.5, 0.6) is 11.5 Å². The summed E-state index contributed by atoms with van der Waals surface area (Å²) in [6, 6.07) is 11.8. The third-order valence-electron chi connectivity index (χ3n) is 3.53. The monoisotopic (exact) mass is 298 g/mol. The summed E-state index contributed by atoms with van der Waals surface area (Å²) < 4.78 is 19.0. The van der Waals surface area contributed by atoms with E-state index < -0.39 is 5.82 Å². The second-order valence-electron chi connectivity index (χ2n) is 4.83. The fourth-order valence-corrected chi connectivity index (χ4v) is 2.43. The van der Waals surface area contributed by atoms with Gasteiger partial charge in [0.1, 0.15) is 11.6 Å². The first-order valence-corrected chi connectivity index (χ1v) is 6.78. The lowest BCUT2D eigenvalue weighted by Crippen LogP contribution is -1.97. The topological polar surface area (TPSA) is 54.4 Å². The van der Waals surface area contributed by atoms with Crippen molar-refractivity contribution in [3.63, 3.8) is 0 Å². The maximum atomic E-state index is 13.6. The first-order valence-electron chi connectivity index (χ1n) is 6.78. The van der Waals surface area contributed by atoms with Crippen molar-refractivity contribution in [1.29, 1.82) is 0 Å². The third kappa shape index (κ3) is 2.30. The molecule has 2 aromatic carbocycles. The number of methoxy groups -OCH3 is 1. The maximum absolute atomic E-state index is 13.6. The summed E-state index contributed by atoms with van der Waals surface area (Å²) in [5.41, 5.74) is 1.18. The summed E-state index contributed by atoms with van der Waals surface area (Å²) in [5, 5.41) is 14.2. The quantitative estimate of drug-likeness (QED) is 0.772. The summed E-state index contributed by atoms with van der Waals surface area (Å²) in [6.07, 6.45) is 0. The van der Waals surface area contributed by atoms with Crippen molar-refractivity contribution in [2.45, 2.75) is 0 Å². The van der Waals surface area contributed by atoms with Crippen LogP contribution in [-0.2, 0) is 0 Å². The predicted molar refractivity (Wildman–Crippen MR) is 84.9 cm³/mol. The van der Waals surface area contributed by atoms with Gasteiger partial charge in [0.2, 0.25) is 0 Å². The number of ether oxygens (including phenoxy) is 1. The van der Waals surface area contributed by atoms with Gasteiger partial charge < -0.3 is 15.2 Å². The summed E-state index contributed by atoms with van der Waals surface area (Å²) in [5.74, 6) is 0.346. The number of fused-ring (bicyclic) bond motifs is 1. The molecule has 1 aromatic heterocycles. The summed E-state index contributed by atoms with van der Waals surface area (Å²) in [4.78, 5) is 4.52. The lowest BCUT2D eigenvalue weighted by molar-refractivity contribution is 0.420. The van der Waals surface area contributed by atoms with Gasteiger partial charge in [0, 0.05) is 23.4 Å². The number of pyridine rings is 1. The molecule has 0 atom stereocenters. The summed E-state index contributed by atoms with van der Waals surface area (Å²) in [7, 11) is 3.39. The van der Waals surface area contributed by atoms with Gasteiger partial charge in [-0.2, -0.15) is 0 Å². The highest BCUT2D eigenvalue weighted by molar-refractivity contribution is 5.98. The highest BCUT2D eigenvalue weighted by atomic mass is 19.1. The highest BCUT2D eigenvalue weighted by Gasteiger charge is 2.11. The van der Waals surface area contributed by atoms with Crippen LogP contribution in [0, 0.1) is 5.82 Å². The van der Waals surface area contributed by atoms with Crippen molar-refractivity contribution in [1.82, 2.24) is 4.98 Å². The number of rotatable bonds is 3. The van der Waals surface area contributed by atoms with Crippen molar-refractivity contribution in [2.24, 2.45) is 0 Å². The second-order valence-corrected chi connectivity index (χ2v) is 4.83. The van der Waals surface area contributed by atoms with Gasteiger partial charge in [-0.15, -0.1) is 0 Å². The zero-order valence-corrected chi connectivity index (χ0v) is 12.2. The fourth-order valence-electron chi connectivity index (χ4n) is 2.43. The minimum Gasteiger partial charge on any atom is -0.505 e. The molecule has 5 heteroatoms. The Morgan fingerprint density at radius 3 is 2.64 bits per heavy atom. The number of aromatic hydroxyl groups is 1. The van der Waals surface area contributed by atoms with Gasteiger partial charge >= 0.3 is 0 Å². The summed E-state index contributed by atoms with van der Waals surface area (Å²) >= 11 is 0. The van der Waals surface area contributed by atoms with Crippen molar-refractivity contribution in [3.05, 3.63) is 48.3 Å². The Hall–Kier alpha value is -2.82.